The first-order valence-electron chi connectivity index (χ1n) is 6.30. The Hall–Kier alpha value is -1.81. The molecule has 94 valence electrons. The zero-order chi connectivity index (χ0) is 12.4. The van der Waals surface area contributed by atoms with E-state index in [0.29, 0.717) is 5.92 Å². The van der Waals surface area contributed by atoms with Crippen molar-refractivity contribution in [2.24, 2.45) is 0 Å². The molecular formula is C14H16N2O2. The zero-order valence-corrected chi connectivity index (χ0v) is 10.1. The first-order valence-corrected chi connectivity index (χ1v) is 6.30. The SMILES string of the molecule is Oc1ccccc1-c1cnoc1C1CCCNC1. The van der Waals surface area contributed by atoms with Gasteiger partial charge >= 0.3 is 0 Å². The van der Waals surface area contributed by atoms with E-state index >= 15 is 0 Å². The Morgan fingerprint density at radius 1 is 1.28 bits per heavy atom. The Balaban J connectivity index is 1.98. The number of phenols is 1. The molecule has 0 spiro atoms. The molecule has 1 aromatic heterocycles. The molecule has 0 aliphatic carbocycles. The van der Waals surface area contributed by atoms with Gasteiger partial charge in [-0.25, -0.2) is 0 Å². The molecule has 4 nitrogen and oxygen atoms in total. The van der Waals surface area contributed by atoms with Crippen LogP contribution in [0.2, 0.25) is 0 Å². The summed E-state index contributed by atoms with van der Waals surface area (Å²) in [7, 11) is 0. The van der Waals surface area contributed by atoms with E-state index in [-0.39, 0.29) is 5.75 Å². The van der Waals surface area contributed by atoms with E-state index < -0.39 is 0 Å². The maximum absolute atomic E-state index is 9.92. The molecular weight excluding hydrogens is 228 g/mol. The molecule has 1 aromatic carbocycles. The van der Waals surface area contributed by atoms with E-state index in [1.807, 2.05) is 18.2 Å². The molecule has 2 heterocycles. The van der Waals surface area contributed by atoms with Crippen LogP contribution in [0.3, 0.4) is 0 Å². The smallest absolute Gasteiger partial charge is 0.149 e. The fourth-order valence-electron chi connectivity index (χ4n) is 2.52. The van der Waals surface area contributed by atoms with Gasteiger partial charge in [-0.05, 0) is 25.5 Å². The molecule has 1 fully saturated rings. The van der Waals surface area contributed by atoms with E-state index in [1.54, 1.807) is 12.3 Å². The normalized spacial score (nSPS) is 19.9. The zero-order valence-electron chi connectivity index (χ0n) is 10.1. The largest absolute Gasteiger partial charge is 0.507 e. The first-order chi connectivity index (χ1) is 8.86. The van der Waals surface area contributed by atoms with Gasteiger partial charge in [0.25, 0.3) is 0 Å². The van der Waals surface area contributed by atoms with Gasteiger partial charge in [-0.15, -0.1) is 0 Å². The summed E-state index contributed by atoms with van der Waals surface area (Å²) in [6.45, 7) is 1.98. The van der Waals surface area contributed by atoms with Gasteiger partial charge in [-0.2, -0.15) is 0 Å². The van der Waals surface area contributed by atoms with Crippen LogP contribution in [0.1, 0.15) is 24.5 Å². The summed E-state index contributed by atoms with van der Waals surface area (Å²) in [4.78, 5) is 0. The lowest BCUT2D eigenvalue weighted by molar-refractivity contribution is 0.330. The third-order valence-electron chi connectivity index (χ3n) is 3.46. The minimum atomic E-state index is 0.269. The highest BCUT2D eigenvalue weighted by molar-refractivity contribution is 5.71. The van der Waals surface area contributed by atoms with Crippen molar-refractivity contribution in [2.45, 2.75) is 18.8 Å². The lowest BCUT2D eigenvalue weighted by Crippen LogP contribution is -2.28. The number of aromatic hydroxyl groups is 1. The third-order valence-corrected chi connectivity index (χ3v) is 3.46. The van der Waals surface area contributed by atoms with Crippen LogP contribution in [-0.2, 0) is 0 Å². The summed E-state index contributed by atoms with van der Waals surface area (Å²) in [5.74, 6) is 1.49. The van der Waals surface area contributed by atoms with E-state index in [0.717, 1.165) is 42.8 Å². The predicted molar refractivity (Wildman–Crippen MR) is 68.4 cm³/mol. The fraction of sp³-hybridized carbons (Fsp3) is 0.357. The van der Waals surface area contributed by atoms with Crippen LogP contribution in [0.5, 0.6) is 5.75 Å². The summed E-state index contributed by atoms with van der Waals surface area (Å²) in [6, 6.07) is 7.30. The number of nitrogens with one attached hydrogen (secondary N) is 1. The number of hydrogen-bond donors (Lipinski definition) is 2. The van der Waals surface area contributed by atoms with Gasteiger partial charge < -0.3 is 14.9 Å². The maximum Gasteiger partial charge on any atom is 0.149 e. The van der Waals surface area contributed by atoms with E-state index in [9.17, 15) is 5.11 Å². The van der Waals surface area contributed by atoms with Crippen LogP contribution in [-0.4, -0.2) is 23.4 Å². The van der Waals surface area contributed by atoms with Gasteiger partial charge in [0, 0.05) is 23.6 Å². The molecule has 0 saturated carbocycles. The highest BCUT2D eigenvalue weighted by atomic mass is 16.5. The molecule has 4 heteroatoms. The van der Waals surface area contributed by atoms with Crippen molar-refractivity contribution < 1.29 is 9.63 Å². The Morgan fingerprint density at radius 2 is 2.17 bits per heavy atom. The predicted octanol–water partition coefficient (Wildman–Crippen LogP) is 2.51. The average molecular weight is 244 g/mol. The molecule has 3 rings (SSSR count). The third kappa shape index (κ3) is 1.99. The molecule has 0 amide bonds. The summed E-state index contributed by atoms with van der Waals surface area (Å²) >= 11 is 0. The Bertz CT molecular complexity index is 530. The quantitative estimate of drug-likeness (QED) is 0.852. The van der Waals surface area contributed by atoms with Crippen LogP contribution in [0, 0.1) is 0 Å². The van der Waals surface area contributed by atoms with E-state index in [1.165, 1.54) is 0 Å². The van der Waals surface area contributed by atoms with Gasteiger partial charge in [-0.3, -0.25) is 0 Å². The Labute approximate surface area is 106 Å². The topological polar surface area (TPSA) is 58.3 Å². The second-order valence-electron chi connectivity index (χ2n) is 4.66. The number of aromatic nitrogens is 1. The minimum Gasteiger partial charge on any atom is -0.507 e. The van der Waals surface area contributed by atoms with Gasteiger partial charge in [0.1, 0.15) is 11.5 Å². The number of piperidine rings is 1. The first kappa shape index (κ1) is 11.3. The molecule has 18 heavy (non-hydrogen) atoms. The van der Waals surface area contributed by atoms with E-state index in [2.05, 4.69) is 10.5 Å². The molecule has 1 unspecified atom stereocenters. The highest BCUT2D eigenvalue weighted by Crippen LogP contribution is 2.36. The summed E-state index contributed by atoms with van der Waals surface area (Å²) in [5.41, 5.74) is 1.70. The van der Waals surface area contributed by atoms with Crippen LogP contribution in [0.15, 0.2) is 35.0 Å². The number of phenolic OH excluding ortho intramolecular Hbond substituents is 1. The van der Waals surface area contributed by atoms with Crippen LogP contribution in [0.25, 0.3) is 11.1 Å². The fourth-order valence-corrected chi connectivity index (χ4v) is 2.52. The van der Waals surface area contributed by atoms with Crippen LogP contribution in [0.4, 0.5) is 0 Å². The molecule has 2 N–H and O–H groups in total. The van der Waals surface area contributed by atoms with Gasteiger partial charge in [-0.1, -0.05) is 23.4 Å². The van der Waals surface area contributed by atoms with E-state index in [4.69, 9.17) is 4.52 Å². The average Bonchev–Trinajstić information content (AvgIpc) is 2.89. The van der Waals surface area contributed by atoms with Crippen LogP contribution < -0.4 is 5.32 Å². The molecule has 0 bridgehead atoms. The summed E-state index contributed by atoms with van der Waals surface area (Å²) < 4.78 is 5.41. The van der Waals surface area contributed by atoms with Crippen molar-refractivity contribution in [2.75, 3.05) is 13.1 Å². The van der Waals surface area contributed by atoms with Crippen molar-refractivity contribution in [3.63, 3.8) is 0 Å². The summed E-state index contributed by atoms with van der Waals surface area (Å²) in [6.07, 6.45) is 3.94. The van der Waals surface area contributed by atoms with Gasteiger partial charge in [0.15, 0.2) is 0 Å². The monoisotopic (exact) mass is 244 g/mol. The lowest BCUT2D eigenvalue weighted by Gasteiger charge is -2.21. The molecule has 0 radical (unpaired) electrons. The lowest BCUT2D eigenvalue weighted by atomic mass is 9.92. The number of hydrogen-bond acceptors (Lipinski definition) is 4. The Kier molecular flexibility index (Phi) is 3.02. The number of para-hydroxylation sites is 1. The molecule has 1 aliphatic heterocycles. The molecule has 1 aliphatic rings. The molecule has 1 atom stereocenters. The summed E-state index contributed by atoms with van der Waals surface area (Å²) in [5, 5.41) is 17.2. The molecule has 2 aromatic rings. The van der Waals surface area contributed by atoms with Gasteiger partial charge in [0.2, 0.25) is 0 Å². The van der Waals surface area contributed by atoms with Crippen molar-refractivity contribution >= 4 is 0 Å². The van der Waals surface area contributed by atoms with Crippen molar-refractivity contribution in [1.29, 1.82) is 0 Å². The maximum atomic E-state index is 9.92. The number of rotatable bonds is 2. The highest BCUT2D eigenvalue weighted by Gasteiger charge is 2.24. The number of nitrogens with zero attached hydrogens (tertiary/aromatic N) is 1. The Morgan fingerprint density at radius 3 is 2.94 bits per heavy atom. The minimum absolute atomic E-state index is 0.269. The van der Waals surface area contributed by atoms with Crippen molar-refractivity contribution in [3.05, 3.63) is 36.2 Å². The number of benzene rings is 1. The van der Waals surface area contributed by atoms with Crippen LogP contribution >= 0.6 is 0 Å². The second kappa shape index (κ2) is 4.82. The van der Waals surface area contributed by atoms with Crippen molar-refractivity contribution in [1.82, 2.24) is 10.5 Å². The standard InChI is InChI=1S/C14H16N2O2/c17-13-6-2-1-5-11(13)12-9-16-18-14(12)10-4-3-7-15-8-10/h1-2,5-6,9-10,15,17H,3-4,7-8H2. The molecule has 1 saturated heterocycles. The van der Waals surface area contributed by atoms with Gasteiger partial charge in [0.05, 0.1) is 6.20 Å². The van der Waals surface area contributed by atoms with Crippen molar-refractivity contribution in [3.8, 4) is 16.9 Å². The second-order valence-corrected chi connectivity index (χ2v) is 4.66.